The van der Waals surface area contributed by atoms with Gasteiger partial charge in [0, 0.05) is 10.8 Å². The lowest BCUT2D eigenvalue weighted by atomic mass is 9.99. The summed E-state index contributed by atoms with van der Waals surface area (Å²) >= 11 is 0. The number of benzene rings is 4. The number of hydrogen-bond acceptors (Lipinski definition) is 1. The molecule has 0 amide bonds. The van der Waals surface area contributed by atoms with E-state index in [2.05, 4.69) is 85.0 Å². The lowest BCUT2D eigenvalue weighted by Gasteiger charge is -2.26. The molecular weight excluding hydrogens is 342 g/mol. The molecule has 6 rings (SSSR count). The van der Waals surface area contributed by atoms with Crippen LogP contribution < -0.4 is 10.6 Å². The van der Waals surface area contributed by atoms with Crippen molar-refractivity contribution in [1.82, 2.24) is 0 Å². The van der Waals surface area contributed by atoms with Gasteiger partial charge in [0.25, 0.3) is 0 Å². The van der Waals surface area contributed by atoms with E-state index in [-0.39, 0.29) is 5.96 Å². The Morgan fingerprint density at radius 3 is 1.46 bits per heavy atom. The molecule has 0 saturated carbocycles. The van der Waals surface area contributed by atoms with Gasteiger partial charge in [0.2, 0.25) is 0 Å². The molecule has 0 atom stereocenters. The summed E-state index contributed by atoms with van der Waals surface area (Å²) in [7, 11) is 0. The third kappa shape index (κ3) is 1.90. The minimum Gasteiger partial charge on any atom is -0.369 e. The number of guanidine groups is 1. The molecule has 0 aliphatic heterocycles. The summed E-state index contributed by atoms with van der Waals surface area (Å²) in [5, 5.41) is 13.1. The first-order valence-corrected chi connectivity index (χ1v) is 9.34. The second-order valence-corrected chi connectivity index (χ2v) is 7.27. The minimum atomic E-state index is 0.0123. The van der Waals surface area contributed by atoms with Crippen molar-refractivity contribution in [2.45, 2.75) is 0 Å². The van der Waals surface area contributed by atoms with E-state index in [1.165, 1.54) is 33.0 Å². The van der Waals surface area contributed by atoms with Crippen molar-refractivity contribution in [1.29, 1.82) is 5.41 Å². The Labute approximate surface area is 162 Å². The Bertz CT molecular complexity index is 1270. The van der Waals surface area contributed by atoms with Gasteiger partial charge in [-0.3, -0.25) is 10.3 Å². The Morgan fingerprint density at radius 1 is 0.607 bits per heavy atom. The van der Waals surface area contributed by atoms with E-state index in [1.807, 2.05) is 4.90 Å². The first-order valence-electron chi connectivity index (χ1n) is 9.34. The van der Waals surface area contributed by atoms with Crippen molar-refractivity contribution in [3.63, 3.8) is 0 Å². The first-order chi connectivity index (χ1) is 13.7. The van der Waals surface area contributed by atoms with Gasteiger partial charge < -0.3 is 5.73 Å². The predicted octanol–water partition coefficient (Wildman–Crippen LogP) is 5.99. The maximum atomic E-state index is 8.40. The highest BCUT2D eigenvalue weighted by atomic mass is 15.2. The van der Waals surface area contributed by atoms with Crippen LogP contribution in [0, 0.1) is 5.41 Å². The highest BCUT2D eigenvalue weighted by Gasteiger charge is 2.22. The zero-order valence-electron chi connectivity index (χ0n) is 15.1. The lowest BCUT2D eigenvalue weighted by Crippen LogP contribution is -2.32. The molecule has 3 heteroatoms. The molecule has 0 heterocycles. The van der Waals surface area contributed by atoms with Crippen LogP contribution in [0.5, 0.6) is 0 Å². The standard InChI is InChI=1S/C25H17N3/c26-25(27)28(21-13-11-17-9-7-15-3-1-5-19(21)23(15)17)22-14-12-18-10-8-16-4-2-6-20(22)24(16)18/h1-14H,(H3,26,27). The molecule has 0 unspecified atom stereocenters. The molecule has 3 N–H and O–H groups in total. The van der Waals surface area contributed by atoms with Crippen molar-refractivity contribution < 1.29 is 0 Å². The molecule has 132 valence electrons. The molecule has 0 aromatic heterocycles. The van der Waals surface area contributed by atoms with Crippen LogP contribution in [0.1, 0.15) is 22.3 Å². The van der Waals surface area contributed by atoms with Gasteiger partial charge in [0.15, 0.2) is 5.96 Å². The van der Waals surface area contributed by atoms with Gasteiger partial charge in [0.05, 0.1) is 11.4 Å². The van der Waals surface area contributed by atoms with Crippen LogP contribution in [0.15, 0.2) is 60.7 Å². The average Bonchev–Trinajstić information content (AvgIpc) is 3.32. The fraction of sp³-hybridized carbons (Fsp3) is 0. The summed E-state index contributed by atoms with van der Waals surface area (Å²) in [6.45, 7) is 0. The highest BCUT2D eigenvalue weighted by Crippen LogP contribution is 2.43. The number of nitrogens with two attached hydrogens (primary N) is 1. The van der Waals surface area contributed by atoms with Crippen LogP contribution >= 0.6 is 0 Å². The Hall–Kier alpha value is -3.85. The van der Waals surface area contributed by atoms with Crippen LogP contribution in [-0.4, -0.2) is 5.96 Å². The average molecular weight is 359 g/mol. The van der Waals surface area contributed by atoms with E-state index in [9.17, 15) is 0 Å². The molecule has 4 aromatic carbocycles. The van der Waals surface area contributed by atoms with Crippen LogP contribution in [0.25, 0.3) is 45.8 Å². The van der Waals surface area contributed by atoms with Gasteiger partial charge in [0.1, 0.15) is 0 Å². The second-order valence-electron chi connectivity index (χ2n) is 7.27. The van der Waals surface area contributed by atoms with Crippen molar-refractivity contribution >= 4 is 63.2 Å². The quantitative estimate of drug-likeness (QED) is 0.295. The van der Waals surface area contributed by atoms with E-state index in [0.29, 0.717) is 0 Å². The monoisotopic (exact) mass is 359 g/mol. The van der Waals surface area contributed by atoms with E-state index < -0.39 is 0 Å². The summed E-state index contributed by atoms with van der Waals surface area (Å²) in [5.74, 6) is 0.0123. The van der Waals surface area contributed by atoms with Gasteiger partial charge >= 0.3 is 0 Å². The summed E-state index contributed by atoms with van der Waals surface area (Å²) in [5.41, 5.74) is 12.9. The first kappa shape index (κ1) is 15.2. The van der Waals surface area contributed by atoms with Crippen LogP contribution in [0.4, 0.5) is 11.4 Å². The van der Waals surface area contributed by atoms with Gasteiger partial charge in [-0.2, -0.15) is 0 Å². The van der Waals surface area contributed by atoms with Gasteiger partial charge in [-0.05, 0) is 45.2 Å². The Kier molecular flexibility index (Phi) is 2.90. The van der Waals surface area contributed by atoms with Crippen LogP contribution in [0.2, 0.25) is 0 Å². The number of anilines is 2. The normalized spacial score (nSPS) is 13.0. The minimum absolute atomic E-state index is 0.0123. The van der Waals surface area contributed by atoms with Gasteiger partial charge in [-0.15, -0.1) is 0 Å². The Morgan fingerprint density at radius 2 is 1.04 bits per heavy atom. The molecule has 2 aliphatic rings. The Balaban J connectivity index is 1.67. The molecule has 0 fully saturated rings. The smallest absolute Gasteiger partial charge is 0.197 e. The lowest BCUT2D eigenvalue weighted by molar-refractivity contribution is 1.27. The largest absolute Gasteiger partial charge is 0.369 e. The third-order valence-electron chi connectivity index (χ3n) is 5.77. The third-order valence-corrected chi connectivity index (χ3v) is 5.77. The van der Waals surface area contributed by atoms with Gasteiger partial charge in [-0.1, -0.05) is 72.8 Å². The molecule has 0 radical (unpaired) electrons. The molecule has 0 saturated heterocycles. The number of nitrogens with zero attached hydrogens (tertiary/aromatic N) is 1. The van der Waals surface area contributed by atoms with E-state index >= 15 is 0 Å². The van der Waals surface area contributed by atoms with E-state index in [4.69, 9.17) is 11.1 Å². The maximum Gasteiger partial charge on any atom is 0.197 e. The summed E-state index contributed by atoms with van der Waals surface area (Å²) < 4.78 is 0. The number of nitrogens with one attached hydrogen (secondary N) is 1. The molecule has 4 aromatic rings. The molecule has 0 bridgehead atoms. The SMILES string of the molecule is N=C(N)N(c1ccc2c3c(cccc13)C=C2)c1ccc2c3c(cccc13)C=C2. The number of hydrogen-bond donors (Lipinski definition) is 2. The van der Waals surface area contributed by atoms with Crippen molar-refractivity contribution in [3.8, 4) is 0 Å². The van der Waals surface area contributed by atoms with E-state index in [1.54, 1.807) is 0 Å². The van der Waals surface area contributed by atoms with E-state index in [0.717, 1.165) is 22.1 Å². The fourth-order valence-electron chi connectivity index (χ4n) is 4.59. The molecule has 0 spiro atoms. The molecule has 28 heavy (non-hydrogen) atoms. The molecule has 2 aliphatic carbocycles. The van der Waals surface area contributed by atoms with Crippen molar-refractivity contribution in [2.24, 2.45) is 5.73 Å². The van der Waals surface area contributed by atoms with Crippen molar-refractivity contribution in [3.05, 3.63) is 82.9 Å². The number of rotatable bonds is 2. The molecule has 3 nitrogen and oxygen atoms in total. The highest BCUT2D eigenvalue weighted by molar-refractivity contribution is 6.18. The van der Waals surface area contributed by atoms with Crippen LogP contribution in [0.3, 0.4) is 0 Å². The zero-order valence-corrected chi connectivity index (χ0v) is 15.1. The summed E-state index contributed by atoms with van der Waals surface area (Å²) in [4.78, 5) is 1.86. The van der Waals surface area contributed by atoms with Crippen molar-refractivity contribution in [2.75, 3.05) is 4.90 Å². The predicted molar refractivity (Wildman–Crippen MR) is 120 cm³/mol. The topological polar surface area (TPSA) is 53.1 Å². The summed E-state index contributed by atoms with van der Waals surface area (Å²) in [6, 6.07) is 21.0. The van der Waals surface area contributed by atoms with Crippen LogP contribution in [-0.2, 0) is 0 Å². The summed E-state index contributed by atoms with van der Waals surface area (Å²) in [6.07, 6.45) is 8.57. The second kappa shape index (κ2) is 5.33. The maximum absolute atomic E-state index is 8.40. The zero-order chi connectivity index (χ0) is 18.8. The molecular formula is C25H17N3. The van der Waals surface area contributed by atoms with Gasteiger partial charge in [-0.25, -0.2) is 0 Å². The fourth-order valence-corrected chi connectivity index (χ4v) is 4.59.